The van der Waals surface area contributed by atoms with Gasteiger partial charge >= 0.3 is 0 Å². The van der Waals surface area contributed by atoms with Crippen LogP contribution in [0.2, 0.25) is 0 Å². The van der Waals surface area contributed by atoms with E-state index in [0.717, 1.165) is 12.3 Å². The molecule has 1 saturated carbocycles. The zero-order chi connectivity index (χ0) is 11.9. The summed E-state index contributed by atoms with van der Waals surface area (Å²) in [5.41, 5.74) is 0. The molecule has 1 aromatic heterocycles. The van der Waals surface area contributed by atoms with Crippen LogP contribution in [0, 0.1) is 5.92 Å². The molecular formula is C14H24N2S. The molecule has 0 spiro atoms. The Labute approximate surface area is 109 Å². The van der Waals surface area contributed by atoms with Gasteiger partial charge in [0.05, 0.1) is 6.04 Å². The van der Waals surface area contributed by atoms with E-state index in [4.69, 9.17) is 0 Å². The summed E-state index contributed by atoms with van der Waals surface area (Å²) in [6.45, 7) is 3.42. The van der Waals surface area contributed by atoms with Gasteiger partial charge in [0.15, 0.2) is 0 Å². The average molecular weight is 252 g/mol. The number of aromatic nitrogens is 1. The molecule has 17 heavy (non-hydrogen) atoms. The van der Waals surface area contributed by atoms with Gasteiger partial charge in [0, 0.05) is 11.6 Å². The summed E-state index contributed by atoms with van der Waals surface area (Å²) in [6, 6.07) is 0.471. The SMILES string of the molecule is CCC(NCC1CCCCCC1)c1nccs1. The van der Waals surface area contributed by atoms with Gasteiger partial charge in [-0.2, -0.15) is 0 Å². The number of thiazole rings is 1. The molecule has 0 radical (unpaired) electrons. The third-order valence-electron chi connectivity index (χ3n) is 3.79. The van der Waals surface area contributed by atoms with Gasteiger partial charge < -0.3 is 5.32 Å². The molecule has 1 heterocycles. The molecular weight excluding hydrogens is 228 g/mol. The van der Waals surface area contributed by atoms with E-state index in [0.29, 0.717) is 6.04 Å². The van der Waals surface area contributed by atoms with Crippen molar-refractivity contribution in [3.8, 4) is 0 Å². The standard InChI is InChI=1S/C14H24N2S/c1-2-13(14-15-9-10-17-14)16-11-12-7-5-3-4-6-8-12/h9-10,12-13,16H,2-8,11H2,1H3. The Morgan fingerprint density at radius 1 is 1.35 bits per heavy atom. The van der Waals surface area contributed by atoms with Crippen LogP contribution in [-0.2, 0) is 0 Å². The number of rotatable bonds is 5. The van der Waals surface area contributed by atoms with Crippen molar-refractivity contribution in [2.24, 2.45) is 5.92 Å². The minimum atomic E-state index is 0.471. The van der Waals surface area contributed by atoms with E-state index >= 15 is 0 Å². The predicted molar refractivity (Wildman–Crippen MR) is 74.3 cm³/mol. The molecule has 0 aromatic carbocycles. The third kappa shape index (κ3) is 4.07. The van der Waals surface area contributed by atoms with Crippen molar-refractivity contribution in [1.29, 1.82) is 0 Å². The maximum absolute atomic E-state index is 4.43. The van der Waals surface area contributed by atoms with Crippen molar-refractivity contribution in [2.45, 2.75) is 57.9 Å². The maximum Gasteiger partial charge on any atom is 0.109 e. The first kappa shape index (κ1) is 13.0. The zero-order valence-corrected chi connectivity index (χ0v) is 11.6. The van der Waals surface area contributed by atoms with Gasteiger partial charge in [0.1, 0.15) is 5.01 Å². The number of nitrogens with zero attached hydrogens (tertiary/aromatic N) is 1. The first-order valence-corrected chi connectivity index (χ1v) is 7.91. The Balaban J connectivity index is 1.79. The lowest BCUT2D eigenvalue weighted by atomic mass is 10.00. The van der Waals surface area contributed by atoms with Crippen LogP contribution in [0.1, 0.15) is 62.9 Å². The molecule has 2 rings (SSSR count). The summed E-state index contributed by atoms with van der Waals surface area (Å²) in [6.07, 6.45) is 11.6. The Hall–Kier alpha value is -0.410. The van der Waals surface area contributed by atoms with Gasteiger partial charge in [0.25, 0.3) is 0 Å². The fourth-order valence-electron chi connectivity index (χ4n) is 2.69. The molecule has 0 aliphatic heterocycles. The van der Waals surface area contributed by atoms with Gasteiger partial charge in [-0.1, -0.05) is 32.6 Å². The van der Waals surface area contributed by atoms with Crippen LogP contribution in [0.3, 0.4) is 0 Å². The summed E-state index contributed by atoms with van der Waals surface area (Å²) in [5.74, 6) is 0.895. The molecule has 0 amide bonds. The second-order valence-corrected chi connectivity index (χ2v) is 6.02. The molecule has 2 nitrogen and oxygen atoms in total. The lowest BCUT2D eigenvalue weighted by molar-refractivity contribution is 0.389. The summed E-state index contributed by atoms with van der Waals surface area (Å²) in [5, 5.41) is 7.04. The average Bonchev–Trinajstić information content (AvgIpc) is 2.74. The van der Waals surface area contributed by atoms with E-state index in [2.05, 4.69) is 22.6 Å². The summed E-state index contributed by atoms with van der Waals surface area (Å²) < 4.78 is 0. The summed E-state index contributed by atoms with van der Waals surface area (Å²) in [7, 11) is 0. The number of hydrogen-bond acceptors (Lipinski definition) is 3. The molecule has 1 fully saturated rings. The Morgan fingerprint density at radius 2 is 2.12 bits per heavy atom. The lowest BCUT2D eigenvalue weighted by Gasteiger charge is -2.19. The maximum atomic E-state index is 4.43. The molecule has 0 bridgehead atoms. The topological polar surface area (TPSA) is 24.9 Å². The first-order chi connectivity index (χ1) is 8.40. The van der Waals surface area contributed by atoms with E-state index in [9.17, 15) is 0 Å². The molecule has 96 valence electrons. The highest BCUT2D eigenvalue weighted by molar-refractivity contribution is 7.09. The lowest BCUT2D eigenvalue weighted by Crippen LogP contribution is -2.27. The van der Waals surface area contributed by atoms with Crippen LogP contribution in [0.25, 0.3) is 0 Å². The van der Waals surface area contributed by atoms with Crippen LogP contribution >= 0.6 is 11.3 Å². The minimum absolute atomic E-state index is 0.471. The first-order valence-electron chi connectivity index (χ1n) is 7.03. The second-order valence-electron chi connectivity index (χ2n) is 5.10. The minimum Gasteiger partial charge on any atom is -0.308 e. The van der Waals surface area contributed by atoms with Crippen LogP contribution in [0.4, 0.5) is 0 Å². The van der Waals surface area contributed by atoms with E-state index in [1.54, 1.807) is 11.3 Å². The molecule has 1 unspecified atom stereocenters. The highest BCUT2D eigenvalue weighted by Gasteiger charge is 2.16. The second kappa shape index (κ2) is 7.12. The molecule has 1 aromatic rings. The summed E-state index contributed by atoms with van der Waals surface area (Å²) >= 11 is 1.77. The van der Waals surface area contributed by atoms with E-state index in [1.807, 2.05) is 6.20 Å². The Kier molecular flexibility index (Phi) is 5.46. The molecule has 1 aliphatic carbocycles. The quantitative estimate of drug-likeness (QED) is 0.796. The highest BCUT2D eigenvalue weighted by Crippen LogP contribution is 2.24. The van der Waals surface area contributed by atoms with Crippen LogP contribution in [0.5, 0.6) is 0 Å². The van der Waals surface area contributed by atoms with Gasteiger partial charge in [-0.05, 0) is 31.7 Å². The molecule has 1 atom stereocenters. The van der Waals surface area contributed by atoms with E-state index in [-0.39, 0.29) is 0 Å². The largest absolute Gasteiger partial charge is 0.308 e. The van der Waals surface area contributed by atoms with Crippen molar-refractivity contribution in [3.63, 3.8) is 0 Å². The molecule has 3 heteroatoms. The highest BCUT2D eigenvalue weighted by atomic mass is 32.1. The fourth-order valence-corrected chi connectivity index (χ4v) is 3.49. The van der Waals surface area contributed by atoms with Crippen LogP contribution in [-0.4, -0.2) is 11.5 Å². The van der Waals surface area contributed by atoms with E-state index in [1.165, 1.54) is 50.1 Å². The van der Waals surface area contributed by atoms with Gasteiger partial charge in [-0.15, -0.1) is 11.3 Å². The van der Waals surface area contributed by atoms with Gasteiger partial charge in [-0.25, -0.2) is 4.98 Å². The number of nitrogens with one attached hydrogen (secondary N) is 1. The summed E-state index contributed by atoms with van der Waals surface area (Å²) in [4.78, 5) is 4.43. The van der Waals surface area contributed by atoms with Gasteiger partial charge in [-0.3, -0.25) is 0 Å². The van der Waals surface area contributed by atoms with E-state index < -0.39 is 0 Å². The normalized spacial score (nSPS) is 20.1. The van der Waals surface area contributed by atoms with Crippen molar-refractivity contribution in [3.05, 3.63) is 16.6 Å². The molecule has 1 aliphatic rings. The van der Waals surface area contributed by atoms with Crippen LogP contribution < -0.4 is 5.32 Å². The van der Waals surface area contributed by atoms with Crippen molar-refractivity contribution in [1.82, 2.24) is 10.3 Å². The van der Waals surface area contributed by atoms with Crippen molar-refractivity contribution >= 4 is 11.3 Å². The van der Waals surface area contributed by atoms with Gasteiger partial charge in [0.2, 0.25) is 0 Å². The fraction of sp³-hybridized carbons (Fsp3) is 0.786. The Bertz CT molecular complexity index is 289. The number of hydrogen-bond donors (Lipinski definition) is 1. The zero-order valence-electron chi connectivity index (χ0n) is 10.8. The van der Waals surface area contributed by atoms with Crippen LogP contribution in [0.15, 0.2) is 11.6 Å². The molecule has 0 saturated heterocycles. The Morgan fingerprint density at radius 3 is 2.71 bits per heavy atom. The predicted octanol–water partition coefficient (Wildman–Crippen LogP) is 4.15. The third-order valence-corrected chi connectivity index (χ3v) is 4.67. The van der Waals surface area contributed by atoms with Crippen molar-refractivity contribution in [2.75, 3.05) is 6.54 Å². The monoisotopic (exact) mass is 252 g/mol. The van der Waals surface area contributed by atoms with Crippen molar-refractivity contribution < 1.29 is 0 Å². The molecule has 1 N–H and O–H groups in total. The smallest absolute Gasteiger partial charge is 0.109 e.